The summed E-state index contributed by atoms with van der Waals surface area (Å²) in [6.45, 7) is 1.31. The Bertz CT molecular complexity index is 946. The molecule has 0 atom stereocenters. The lowest BCUT2D eigenvalue weighted by atomic mass is 10.0. The van der Waals surface area contributed by atoms with Crippen molar-refractivity contribution in [3.8, 4) is 17.6 Å². The maximum Gasteiger partial charge on any atom is 0.263 e. The Hall–Kier alpha value is -3.46. The Morgan fingerprint density at radius 1 is 1.22 bits per heavy atom. The molecule has 6 nitrogen and oxygen atoms in total. The van der Waals surface area contributed by atoms with Crippen LogP contribution in [0.1, 0.15) is 17.5 Å². The molecule has 1 N–H and O–H groups in total. The molecular weight excluding hydrogens is 342 g/mol. The van der Waals surface area contributed by atoms with Crippen molar-refractivity contribution >= 4 is 11.6 Å². The summed E-state index contributed by atoms with van der Waals surface area (Å²) in [5.74, 6) is 0.979. The van der Waals surface area contributed by atoms with Gasteiger partial charge in [0.2, 0.25) is 6.79 Å². The van der Waals surface area contributed by atoms with Crippen LogP contribution in [0.4, 0.5) is 5.69 Å². The van der Waals surface area contributed by atoms with Crippen LogP contribution in [0.15, 0.2) is 54.2 Å². The molecule has 0 saturated heterocycles. The van der Waals surface area contributed by atoms with E-state index in [4.69, 9.17) is 9.47 Å². The SMILES string of the molecule is N#C/C(=C/N1CCCc2ccccc21)C(=O)NCc1ccc2c(c1)OCO2. The van der Waals surface area contributed by atoms with E-state index in [2.05, 4.69) is 11.4 Å². The number of fused-ring (bicyclic) bond motifs is 2. The standard InChI is InChI=1S/C21H19N3O3/c22-11-17(13-24-9-3-5-16-4-1-2-6-18(16)24)21(25)23-12-15-7-8-19-20(10-15)27-14-26-19/h1-2,4,6-8,10,13H,3,5,9,12,14H2,(H,23,25)/b17-13-. The summed E-state index contributed by atoms with van der Waals surface area (Å²) in [6, 6.07) is 15.6. The van der Waals surface area contributed by atoms with Crippen LogP contribution in [-0.2, 0) is 17.8 Å². The fraction of sp³-hybridized carbons (Fsp3) is 0.238. The zero-order valence-corrected chi connectivity index (χ0v) is 14.8. The number of carbonyl (C=O) groups is 1. The van der Waals surface area contributed by atoms with Crippen LogP contribution in [0, 0.1) is 11.3 Å². The van der Waals surface area contributed by atoms with Crippen LogP contribution in [-0.4, -0.2) is 19.2 Å². The monoisotopic (exact) mass is 361 g/mol. The molecule has 0 unspecified atom stereocenters. The predicted molar refractivity (Wildman–Crippen MR) is 100 cm³/mol. The number of ether oxygens (including phenoxy) is 2. The highest BCUT2D eigenvalue weighted by atomic mass is 16.7. The van der Waals surface area contributed by atoms with Gasteiger partial charge in [-0.25, -0.2) is 0 Å². The lowest BCUT2D eigenvalue weighted by Crippen LogP contribution is -2.28. The molecule has 27 heavy (non-hydrogen) atoms. The topological polar surface area (TPSA) is 74.6 Å². The Morgan fingerprint density at radius 2 is 2.07 bits per heavy atom. The van der Waals surface area contributed by atoms with Gasteiger partial charge in [-0.2, -0.15) is 5.26 Å². The number of nitriles is 1. The van der Waals surface area contributed by atoms with Gasteiger partial charge in [0, 0.05) is 25.0 Å². The van der Waals surface area contributed by atoms with E-state index in [1.807, 2.05) is 47.4 Å². The number of para-hydroxylation sites is 1. The summed E-state index contributed by atoms with van der Waals surface area (Å²) in [4.78, 5) is 14.5. The van der Waals surface area contributed by atoms with Gasteiger partial charge in [0.25, 0.3) is 5.91 Å². The molecule has 1 amide bonds. The zero-order valence-electron chi connectivity index (χ0n) is 14.8. The second-order valence-electron chi connectivity index (χ2n) is 6.45. The Balaban J connectivity index is 1.46. The Kier molecular flexibility index (Phi) is 4.67. The van der Waals surface area contributed by atoms with Crippen LogP contribution in [0.5, 0.6) is 11.5 Å². The zero-order chi connectivity index (χ0) is 18.6. The van der Waals surface area contributed by atoms with E-state index in [1.54, 1.807) is 6.20 Å². The first-order valence-electron chi connectivity index (χ1n) is 8.88. The van der Waals surface area contributed by atoms with E-state index < -0.39 is 5.91 Å². The average Bonchev–Trinajstić information content (AvgIpc) is 3.18. The van der Waals surface area contributed by atoms with Gasteiger partial charge in [-0.3, -0.25) is 4.79 Å². The number of hydrogen-bond donors (Lipinski definition) is 1. The number of nitrogens with zero attached hydrogens (tertiary/aromatic N) is 2. The summed E-state index contributed by atoms with van der Waals surface area (Å²) in [5.41, 5.74) is 3.26. The number of amides is 1. The Labute approximate surface area is 157 Å². The van der Waals surface area contributed by atoms with Crippen LogP contribution >= 0.6 is 0 Å². The van der Waals surface area contributed by atoms with E-state index >= 15 is 0 Å². The van der Waals surface area contributed by atoms with Crippen LogP contribution in [0.3, 0.4) is 0 Å². The highest BCUT2D eigenvalue weighted by molar-refractivity contribution is 5.97. The number of benzene rings is 2. The van der Waals surface area contributed by atoms with Gasteiger partial charge in [0.1, 0.15) is 11.6 Å². The molecule has 0 aromatic heterocycles. The molecule has 0 radical (unpaired) electrons. The minimum atomic E-state index is -0.391. The van der Waals surface area contributed by atoms with Crippen molar-refractivity contribution in [1.29, 1.82) is 5.26 Å². The molecule has 136 valence electrons. The molecule has 2 aromatic rings. The number of aryl methyl sites for hydroxylation is 1. The number of carbonyl (C=O) groups excluding carboxylic acids is 1. The summed E-state index contributed by atoms with van der Waals surface area (Å²) in [5, 5.41) is 12.3. The maximum absolute atomic E-state index is 12.5. The van der Waals surface area contributed by atoms with Crippen molar-refractivity contribution < 1.29 is 14.3 Å². The van der Waals surface area contributed by atoms with Crippen LogP contribution < -0.4 is 19.7 Å². The molecule has 0 aliphatic carbocycles. The predicted octanol–water partition coefficient (Wildman–Crippen LogP) is 2.89. The smallest absolute Gasteiger partial charge is 0.263 e. The van der Waals surface area contributed by atoms with Crippen molar-refractivity contribution in [1.82, 2.24) is 5.32 Å². The molecular formula is C21H19N3O3. The van der Waals surface area contributed by atoms with Gasteiger partial charge in [-0.1, -0.05) is 24.3 Å². The minimum absolute atomic E-state index is 0.0902. The third-order valence-corrected chi connectivity index (χ3v) is 4.69. The third kappa shape index (κ3) is 3.58. The summed E-state index contributed by atoms with van der Waals surface area (Å²) in [7, 11) is 0. The molecule has 0 saturated carbocycles. The lowest BCUT2D eigenvalue weighted by molar-refractivity contribution is -0.117. The first-order chi connectivity index (χ1) is 13.2. The van der Waals surface area contributed by atoms with Crippen molar-refractivity contribution in [2.24, 2.45) is 0 Å². The summed E-state index contributed by atoms with van der Waals surface area (Å²) >= 11 is 0. The number of rotatable bonds is 4. The van der Waals surface area contributed by atoms with E-state index in [0.717, 1.165) is 30.6 Å². The van der Waals surface area contributed by atoms with E-state index in [9.17, 15) is 10.1 Å². The van der Waals surface area contributed by atoms with Crippen LogP contribution in [0.25, 0.3) is 0 Å². The van der Waals surface area contributed by atoms with Gasteiger partial charge in [0.05, 0.1) is 0 Å². The fourth-order valence-electron chi connectivity index (χ4n) is 3.32. The number of nitrogens with one attached hydrogen (secondary N) is 1. The molecule has 0 bridgehead atoms. The number of hydrogen-bond acceptors (Lipinski definition) is 5. The van der Waals surface area contributed by atoms with E-state index in [-0.39, 0.29) is 12.4 Å². The quantitative estimate of drug-likeness (QED) is 0.669. The lowest BCUT2D eigenvalue weighted by Gasteiger charge is -2.28. The van der Waals surface area contributed by atoms with Crippen molar-refractivity contribution in [3.63, 3.8) is 0 Å². The average molecular weight is 361 g/mol. The molecule has 2 aliphatic heterocycles. The molecule has 2 heterocycles. The highest BCUT2D eigenvalue weighted by Crippen LogP contribution is 2.32. The van der Waals surface area contributed by atoms with E-state index in [0.29, 0.717) is 18.0 Å². The largest absolute Gasteiger partial charge is 0.454 e. The fourth-order valence-corrected chi connectivity index (χ4v) is 3.32. The molecule has 2 aliphatic rings. The Morgan fingerprint density at radius 3 is 2.96 bits per heavy atom. The van der Waals surface area contributed by atoms with Crippen molar-refractivity contribution in [2.45, 2.75) is 19.4 Å². The van der Waals surface area contributed by atoms with Crippen LogP contribution in [0.2, 0.25) is 0 Å². The van der Waals surface area contributed by atoms with Gasteiger partial charge in [0.15, 0.2) is 11.5 Å². The van der Waals surface area contributed by atoms with E-state index in [1.165, 1.54) is 5.56 Å². The second-order valence-corrected chi connectivity index (χ2v) is 6.45. The second kappa shape index (κ2) is 7.42. The maximum atomic E-state index is 12.5. The normalized spacial score (nSPS) is 15.1. The first kappa shape index (κ1) is 17.0. The summed E-state index contributed by atoms with van der Waals surface area (Å²) < 4.78 is 10.6. The summed E-state index contributed by atoms with van der Waals surface area (Å²) in [6.07, 6.45) is 3.65. The molecule has 2 aromatic carbocycles. The van der Waals surface area contributed by atoms with Crippen molar-refractivity contribution in [3.05, 3.63) is 65.4 Å². The van der Waals surface area contributed by atoms with Gasteiger partial charge in [-0.15, -0.1) is 0 Å². The molecule has 4 rings (SSSR count). The third-order valence-electron chi connectivity index (χ3n) is 4.69. The molecule has 0 fully saturated rings. The van der Waals surface area contributed by atoms with Gasteiger partial charge < -0.3 is 19.7 Å². The van der Waals surface area contributed by atoms with Gasteiger partial charge >= 0.3 is 0 Å². The first-order valence-corrected chi connectivity index (χ1v) is 8.88. The van der Waals surface area contributed by atoms with Crippen molar-refractivity contribution in [2.75, 3.05) is 18.2 Å². The minimum Gasteiger partial charge on any atom is -0.454 e. The highest BCUT2D eigenvalue weighted by Gasteiger charge is 2.18. The molecule has 6 heteroatoms. The van der Waals surface area contributed by atoms with Gasteiger partial charge in [-0.05, 0) is 42.2 Å². The number of anilines is 1. The molecule has 0 spiro atoms.